The van der Waals surface area contributed by atoms with Crippen LogP contribution < -0.4 is 4.90 Å². The lowest BCUT2D eigenvalue weighted by atomic mass is 10.2. The molecule has 1 aliphatic heterocycles. The first-order valence-corrected chi connectivity index (χ1v) is 9.46. The quantitative estimate of drug-likeness (QED) is 0.744. The van der Waals surface area contributed by atoms with Crippen LogP contribution in [0.15, 0.2) is 24.5 Å². The van der Waals surface area contributed by atoms with Crippen LogP contribution in [0.4, 0.5) is 5.95 Å². The number of esters is 1. The Morgan fingerprint density at radius 3 is 2.50 bits per heavy atom. The summed E-state index contributed by atoms with van der Waals surface area (Å²) in [4.78, 5) is 38.4. The summed E-state index contributed by atoms with van der Waals surface area (Å²) >= 11 is 1.43. The Morgan fingerprint density at radius 2 is 1.88 bits per heavy atom. The van der Waals surface area contributed by atoms with Crippen molar-refractivity contribution in [3.8, 4) is 0 Å². The van der Waals surface area contributed by atoms with Crippen molar-refractivity contribution < 1.29 is 14.3 Å². The van der Waals surface area contributed by atoms with E-state index in [9.17, 15) is 9.59 Å². The molecule has 1 amide bonds. The molecular formula is C18H22N4O3S. The van der Waals surface area contributed by atoms with Gasteiger partial charge in [-0.05, 0) is 31.0 Å². The van der Waals surface area contributed by atoms with Crippen LogP contribution in [0.3, 0.4) is 0 Å². The SMILES string of the molecule is CCc1sc(C(=O)OCC(=O)N2CCN(c3ncccn3)CC2)cc1C. The van der Waals surface area contributed by atoms with Gasteiger partial charge in [0.05, 0.1) is 0 Å². The van der Waals surface area contributed by atoms with Crippen LogP contribution in [0.1, 0.15) is 27.0 Å². The highest BCUT2D eigenvalue weighted by Crippen LogP contribution is 2.23. The summed E-state index contributed by atoms with van der Waals surface area (Å²) in [6.07, 6.45) is 4.29. The van der Waals surface area contributed by atoms with Crippen molar-refractivity contribution >= 4 is 29.2 Å². The fraction of sp³-hybridized carbons (Fsp3) is 0.444. The molecule has 0 aromatic carbocycles. The van der Waals surface area contributed by atoms with Crippen LogP contribution in [-0.4, -0.2) is 59.5 Å². The third kappa shape index (κ3) is 4.19. The molecule has 0 aliphatic carbocycles. The second-order valence-corrected chi connectivity index (χ2v) is 7.20. The van der Waals surface area contributed by atoms with Gasteiger partial charge in [-0.1, -0.05) is 6.92 Å². The number of hydrogen-bond acceptors (Lipinski definition) is 7. The van der Waals surface area contributed by atoms with E-state index in [2.05, 4.69) is 16.9 Å². The lowest BCUT2D eigenvalue weighted by Crippen LogP contribution is -2.50. The number of hydrogen-bond donors (Lipinski definition) is 0. The molecule has 2 aromatic heterocycles. The molecule has 3 heterocycles. The molecule has 7 nitrogen and oxygen atoms in total. The molecule has 0 radical (unpaired) electrons. The monoisotopic (exact) mass is 374 g/mol. The highest BCUT2D eigenvalue weighted by molar-refractivity contribution is 7.14. The Morgan fingerprint density at radius 1 is 1.19 bits per heavy atom. The number of amides is 1. The van der Waals surface area contributed by atoms with E-state index in [4.69, 9.17) is 4.74 Å². The van der Waals surface area contributed by atoms with E-state index < -0.39 is 5.97 Å². The van der Waals surface area contributed by atoms with E-state index in [1.165, 1.54) is 16.2 Å². The molecule has 3 rings (SSSR count). The van der Waals surface area contributed by atoms with Gasteiger partial charge in [-0.2, -0.15) is 0 Å². The molecule has 138 valence electrons. The second kappa shape index (κ2) is 8.27. The van der Waals surface area contributed by atoms with Crippen molar-refractivity contribution in [3.05, 3.63) is 39.8 Å². The zero-order valence-electron chi connectivity index (χ0n) is 15.0. The molecule has 1 aliphatic rings. The van der Waals surface area contributed by atoms with Crippen molar-refractivity contribution in [1.29, 1.82) is 0 Å². The number of nitrogens with zero attached hydrogens (tertiary/aromatic N) is 4. The number of rotatable bonds is 5. The van der Waals surface area contributed by atoms with Crippen molar-refractivity contribution in [1.82, 2.24) is 14.9 Å². The second-order valence-electron chi connectivity index (χ2n) is 6.06. The number of ether oxygens (including phenoxy) is 1. The summed E-state index contributed by atoms with van der Waals surface area (Å²) < 4.78 is 5.21. The van der Waals surface area contributed by atoms with Gasteiger partial charge in [0.25, 0.3) is 5.91 Å². The average Bonchev–Trinajstić information content (AvgIpc) is 3.07. The van der Waals surface area contributed by atoms with Crippen molar-refractivity contribution in [2.75, 3.05) is 37.7 Å². The Balaban J connectivity index is 1.47. The lowest BCUT2D eigenvalue weighted by molar-refractivity contribution is -0.134. The van der Waals surface area contributed by atoms with Gasteiger partial charge in [0.15, 0.2) is 6.61 Å². The van der Waals surface area contributed by atoms with Crippen LogP contribution in [-0.2, 0) is 16.0 Å². The Bertz CT molecular complexity index is 770. The molecule has 26 heavy (non-hydrogen) atoms. The van der Waals surface area contributed by atoms with Gasteiger partial charge in [-0.25, -0.2) is 14.8 Å². The van der Waals surface area contributed by atoms with E-state index in [0.29, 0.717) is 37.0 Å². The minimum Gasteiger partial charge on any atom is -0.451 e. The fourth-order valence-corrected chi connectivity index (χ4v) is 3.88. The Hall–Kier alpha value is -2.48. The fourth-order valence-electron chi connectivity index (χ4n) is 2.87. The van der Waals surface area contributed by atoms with Crippen molar-refractivity contribution in [2.45, 2.75) is 20.3 Å². The largest absolute Gasteiger partial charge is 0.451 e. The number of aryl methyl sites for hydroxylation is 2. The number of carbonyl (C=O) groups is 2. The summed E-state index contributed by atoms with van der Waals surface area (Å²) in [5.41, 5.74) is 1.09. The maximum Gasteiger partial charge on any atom is 0.348 e. The van der Waals surface area contributed by atoms with Crippen LogP contribution in [0.5, 0.6) is 0 Å². The van der Waals surface area contributed by atoms with Gasteiger partial charge < -0.3 is 14.5 Å². The number of aromatic nitrogens is 2. The maximum atomic E-state index is 12.3. The van der Waals surface area contributed by atoms with E-state index in [1.807, 2.05) is 17.9 Å². The predicted molar refractivity (Wildman–Crippen MR) is 99.5 cm³/mol. The molecule has 0 N–H and O–H groups in total. The number of piperazine rings is 1. The van der Waals surface area contributed by atoms with Gasteiger partial charge in [0, 0.05) is 43.4 Å². The molecule has 8 heteroatoms. The van der Waals surface area contributed by atoms with Crippen LogP contribution in [0, 0.1) is 6.92 Å². The molecule has 0 atom stereocenters. The predicted octanol–water partition coefficient (Wildman–Crippen LogP) is 1.91. The summed E-state index contributed by atoms with van der Waals surface area (Å²) in [5.74, 6) is 0.0734. The third-order valence-electron chi connectivity index (χ3n) is 4.34. The summed E-state index contributed by atoms with van der Waals surface area (Å²) in [7, 11) is 0. The van der Waals surface area contributed by atoms with E-state index >= 15 is 0 Å². The van der Waals surface area contributed by atoms with Gasteiger partial charge in [0.1, 0.15) is 4.88 Å². The first kappa shape index (κ1) is 18.3. The maximum absolute atomic E-state index is 12.3. The van der Waals surface area contributed by atoms with E-state index in [1.54, 1.807) is 23.4 Å². The number of carbonyl (C=O) groups excluding carboxylic acids is 2. The molecule has 0 saturated carbocycles. The first-order valence-electron chi connectivity index (χ1n) is 8.64. The number of thiophene rings is 1. The molecular weight excluding hydrogens is 352 g/mol. The zero-order valence-corrected chi connectivity index (χ0v) is 15.8. The standard InChI is InChI=1S/C18H22N4O3S/c1-3-14-13(2)11-15(26-14)17(24)25-12-16(23)21-7-9-22(10-8-21)18-19-5-4-6-20-18/h4-6,11H,3,7-10,12H2,1-2H3. The highest BCUT2D eigenvalue weighted by Gasteiger charge is 2.23. The third-order valence-corrected chi connectivity index (χ3v) is 5.70. The van der Waals surface area contributed by atoms with E-state index in [-0.39, 0.29) is 12.5 Å². The smallest absolute Gasteiger partial charge is 0.348 e. The summed E-state index contributed by atoms with van der Waals surface area (Å²) in [5, 5.41) is 0. The highest BCUT2D eigenvalue weighted by atomic mass is 32.1. The minimum absolute atomic E-state index is 0.170. The van der Waals surface area contributed by atoms with Gasteiger partial charge in [-0.3, -0.25) is 4.79 Å². The van der Waals surface area contributed by atoms with Crippen LogP contribution in [0.25, 0.3) is 0 Å². The molecule has 1 saturated heterocycles. The molecule has 0 unspecified atom stereocenters. The van der Waals surface area contributed by atoms with Crippen LogP contribution >= 0.6 is 11.3 Å². The van der Waals surface area contributed by atoms with Crippen LogP contribution in [0.2, 0.25) is 0 Å². The van der Waals surface area contributed by atoms with Crippen molar-refractivity contribution in [2.24, 2.45) is 0 Å². The van der Waals surface area contributed by atoms with Gasteiger partial charge >= 0.3 is 5.97 Å². The Kier molecular flexibility index (Phi) is 5.82. The van der Waals surface area contributed by atoms with Gasteiger partial charge in [-0.15, -0.1) is 11.3 Å². The van der Waals surface area contributed by atoms with Gasteiger partial charge in [0.2, 0.25) is 5.95 Å². The molecule has 2 aromatic rings. The number of anilines is 1. The molecule has 1 fully saturated rings. The summed E-state index contributed by atoms with van der Waals surface area (Å²) in [6.45, 7) is 6.25. The first-order chi connectivity index (χ1) is 12.6. The zero-order chi connectivity index (χ0) is 18.5. The normalized spacial score (nSPS) is 14.4. The minimum atomic E-state index is -0.428. The topological polar surface area (TPSA) is 75.6 Å². The Labute approximate surface area is 156 Å². The molecule has 0 spiro atoms. The average molecular weight is 374 g/mol. The van der Waals surface area contributed by atoms with Crippen molar-refractivity contribution in [3.63, 3.8) is 0 Å². The van der Waals surface area contributed by atoms with E-state index in [0.717, 1.165) is 12.0 Å². The lowest BCUT2D eigenvalue weighted by Gasteiger charge is -2.34. The summed E-state index contributed by atoms with van der Waals surface area (Å²) in [6, 6.07) is 3.60. The molecule has 0 bridgehead atoms.